The zero-order chi connectivity index (χ0) is 20.5. The van der Waals surface area contributed by atoms with Crippen molar-refractivity contribution in [1.82, 2.24) is 5.32 Å². The zero-order valence-electron chi connectivity index (χ0n) is 18.6. The molecule has 28 heavy (non-hydrogen) atoms. The third-order valence-electron chi connectivity index (χ3n) is 5.82. The molecule has 0 aromatic heterocycles. The molecule has 0 bridgehead atoms. The molecule has 1 aromatic carbocycles. The second kappa shape index (κ2) is 15.4. The summed E-state index contributed by atoms with van der Waals surface area (Å²) < 4.78 is 5.40. The van der Waals surface area contributed by atoms with Gasteiger partial charge in [0.05, 0.1) is 18.6 Å². The van der Waals surface area contributed by atoms with E-state index in [9.17, 15) is 5.26 Å². The van der Waals surface area contributed by atoms with E-state index in [1.807, 2.05) is 19.2 Å². The summed E-state index contributed by atoms with van der Waals surface area (Å²) in [5, 5.41) is 13.3. The summed E-state index contributed by atoms with van der Waals surface area (Å²) in [6, 6.07) is 10.8. The Hall–Kier alpha value is -1.53. The van der Waals surface area contributed by atoms with Gasteiger partial charge in [0, 0.05) is 0 Å². The molecule has 1 atom stereocenters. The number of nitrogens with one attached hydrogen (secondary N) is 1. The lowest BCUT2D eigenvalue weighted by molar-refractivity contribution is 0.402. The maximum absolute atomic E-state index is 10.1. The molecular weight excluding hydrogens is 344 g/mol. The normalized spacial score (nSPS) is 13.1. The number of unbranched alkanes of at least 4 members (excludes halogenated alkanes) is 9. The summed E-state index contributed by atoms with van der Waals surface area (Å²) in [4.78, 5) is 0. The van der Waals surface area contributed by atoms with Gasteiger partial charge in [0.1, 0.15) is 5.75 Å². The Bertz CT molecular complexity index is 552. The van der Waals surface area contributed by atoms with Gasteiger partial charge in [-0.05, 0) is 50.6 Å². The maximum Gasteiger partial charge on any atom is 0.119 e. The van der Waals surface area contributed by atoms with E-state index in [1.165, 1.54) is 57.8 Å². The van der Waals surface area contributed by atoms with Crippen molar-refractivity contribution in [3.8, 4) is 11.8 Å². The second-order valence-corrected chi connectivity index (χ2v) is 8.06. The molecule has 3 nitrogen and oxygen atoms in total. The highest BCUT2D eigenvalue weighted by Gasteiger charge is 2.31. The van der Waals surface area contributed by atoms with Crippen molar-refractivity contribution in [2.45, 2.75) is 95.8 Å². The molecule has 0 heterocycles. The van der Waals surface area contributed by atoms with Crippen molar-refractivity contribution in [2.24, 2.45) is 0 Å². The quantitative estimate of drug-likeness (QED) is 0.301. The first kappa shape index (κ1) is 24.5. The molecule has 0 aliphatic rings. The molecule has 1 N–H and O–H groups in total. The van der Waals surface area contributed by atoms with Crippen LogP contribution >= 0.6 is 0 Å². The van der Waals surface area contributed by atoms with Crippen LogP contribution in [0.3, 0.4) is 0 Å². The van der Waals surface area contributed by atoms with Gasteiger partial charge in [0.15, 0.2) is 0 Å². The van der Waals surface area contributed by atoms with E-state index in [2.05, 4.69) is 30.4 Å². The van der Waals surface area contributed by atoms with Crippen LogP contribution in [0, 0.1) is 11.3 Å². The van der Waals surface area contributed by atoms with Crippen molar-refractivity contribution in [1.29, 1.82) is 5.26 Å². The lowest BCUT2D eigenvalue weighted by Crippen LogP contribution is -2.26. The molecule has 0 aliphatic carbocycles. The molecule has 0 aliphatic heterocycles. The average molecular weight is 387 g/mol. The predicted molar refractivity (Wildman–Crippen MR) is 120 cm³/mol. The lowest BCUT2D eigenvalue weighted by Gasteiger charge is -2.28. The van der Waals surface area contributed by atoms with Crippen LogP contribution in [0.1, 0.15) is 96.0 Å². The van der Waals surface area contributed by atoms with Gasteiger partial charge in [0.2, 0.25) is 0 Å². The molecule has 3 heteroatoms. The van der Waals surface area contributed by atoms with E-state index in [0.717, 1.165) is 43.5 Å². The van der Waals surface area contributed by atoms with Crippen molar-refractivity contribution in [3.05, 3.63) is 29.8 Å². The molecule has 0 fully saturated rings. The molecule has 0 spiro atoms. The number of ether oxygens (including phenoxy) is 1. The number of benzene rings is 1. The fourth-order valence-corrected chi connectivity index (χ4v) is 3.99. The van der Waals surface area contributed by atoms with E-state index < -0.39 is 5.41 Å². The van der Waals surface area contributed by atoms with E-state index in [1.54, 1.807) is 7.11 Å². The molecule has 1 aromatic rings. The lowest BCUT2D eigenvalue weighted by atomic mass is 9.74. The van der Waals surface area contributed by atoms with Gasteiger partial charge in [-0.1, -0.05) is 83.3 Å². The molecule has 1 rings (SSSR count). The second-order valence-electron chi connectivity index (χ2n) is 8.06. The minimum atomic E-state index is -0.397. The smallest absolute Gasteiger partial charge is 0.119 e. The van der Waals surface area contributed by atoms with E-state index >= 15 is 0 Å². The highest BCUT2D eigenvalue weighted by atomic mass is 16.5. The summed E-state index contributed by atoms with van der Waals surface area (Å²) in [6.07, 6.45) is 16.1. The maximum atomic E-state index is 10.1. The topological polar surface area (TPSA) is 45.0 Å². The average Bonchev–Trinajstić information content (AvgIpc) is 2.74. The van der Waals surface area contributed by atoms with Gasteiger partial charge < -0.3 is 10.1 Å². The number of hydrogen-bond donors (Lipinski definition) is 1. The zero-order valence-corrected chi connectivity index (χ0v) is 18.6. The highest BCUT2D eigenvalue weighted by molar-refractivity contribution is 5.38. The minimum Gasteiger partial charge on any atom is -0.497 e. The van der Waals surface area contributed by atoms with Crippen LogP contribution in [0.2, 0.25) is 0 Å². The standard InChI is InChI=1S/C25H42N2O/c1-4-5-6-7-8-9-10-11-12-13-18-25(22-26,19-15-20-27-2)23-16-14-17-24(21-23)28-3/h14,16-17,21,27H,4-13,15,18-20H2,1-3H3. The first-order valence-corrected chi connectivity index (χ1v) is 11.4. The Morgan fingerprint density at radius 3 is 2.11 bits per heavy atom. The minimum absolute atomic E-state index is 0.397. The summed E-state index contributed by atoms with van der Waals surface area (Å²) in [6.45, 7) is 3.22. The first-order valence-electron chi connectivity index (χ1n) is 11.4. The Morgan fingerprint density at radius 2 is 1.54 bits per heavy atom. The number of nitrogens with zero attached hydrogens (tertiary/aromatic N) is 1. The first-order chi connectivity index (χ1) is 13.7. The van der Waals surface area contributed by atoms with Gasteiger partial charge in [-0.2, -0.15) is 5.26 Å². The van der Waals surface area contributed by atoms with Crippen molar-refractivity contribution < 1.29 is 4.74 Å². The van der Waals surface area contributed by atoms with Crippen LogP contribution in [0.15, 0.2) is 24.3 Å². The van der Waals surface area contributed by atoms with Crippen molar-refractivity contribution >= 4 is 0 Å². The fraction of sp³-hybridized carbons (Fsp3) is 0.720. The van der Waals surface area contributed by atoms with Crippen LogP contribution in [-0.4, -0.2) is 20.7 Å². The summed E-state index contributed by atoms with van der Waals surface area (Å²) in [5.41, 5.74) is 0.715. The van der Waals surface area contributed by atoms with Crippen LogP contribution in [0.4, 0.5) is 0 Å². The largest absolute Gasteiger partial charge is 0.497 e. The third-order valence-corrected chi connectivity index (χ3v) is 5.82. The van der Waals surface area contributed by atoms with Crippen molar-refractivity contribution in [2.75, 3.05) is 20.7 Å². The third kappa shape index (κ3) is 9.11. The fourth-order valence-electron chi connectivity index (χ4n) is 3.99. The Labute approximate surface area is 173 Å². The number of nitriles is 1. The highest BCUT2D eigenvalue weighted by Crippen LogP contribution is 2.36. The van der Waals surface area contributed by atoms with Crippen LogP contribution < -0.4 is 10.1 Å². The van der Waals surface area contributed by atoms with Crippen LogP contribution in [-0.2, 0) is 5.41 Å². The summed E-state index contributed by atoms with van der Waals surface area (Å²) in [5.74, 6) is 0.841. The molecule has 158 valence electrons. The van der Waals surface area contributed by atoms with Gasteiger partial charge in [-0.25, -0.2) is 0 Å². The molecular formula is C25H42N2O. The van der Waals surface area contributed by atoms with Gasteiger partial charge in [-0.15, -0.1) is 0 Å². The summed E-state index contributed by atoms with van der Waals surface area (Å²) >= 11 is 0. The Morgan fingerprint density at radius 1 is 0.929 bits per heavy atom. The van der Waals surface area contributed by atoms with Crippen LogP contribution in [0.25, 0.3) is 0 Å². The monoisotopic (exact) mass is 386 g/mol. The van der Waals surface area contributed by atoms with Crippen molar-refractivity contribution in [3.63, 3.8) is 0 Å². The predicted octanol–water partition coefficient (Wildman–Crippen LogP) is 6.77. The van der Waals surface area contributed by atoms with E-state index in [4.69, 9.17) is 4.74 Å². The molecule has 1 unspecified atom stereocenters. The summed E-state index contributed by atoms with van der Waals surface area (Å²) in [7, 11) is 3.66. The number of rotatable bonds is 17. The van der Waals surface area contributed by atoms with Gasteiger partial charge in [0.25, 0.3) is 0 Å². The van der Waals surface area contributed by atoms with Gasteiger partial charge in [-0.3, -0.25) is 0 Å². The van der Waals surface area contributed by atoms with Gasteiger partial charge >= 0.3 is 0 Å². The molecule has 0 radical (unpaired) electrons. The SMILES string of the molecule is CCCCCCCCCCCCC(C#N)(CCCNC)c1cccc(OC)c1. The number of methoxy groups -OCH3 is 1. The van der Waals surface area contributed by atoms with E-state index in [-0.39, 0.29) is 0 Å². The Balaban J connectivity index is 2.51. The molecule has 0 saturated heterocycles. The Kier molecular flexibility index (Phi) is 13.5. The number of hydrogen-bond acceptors (Lipinski definition) is 3. The molecule has 0 amide bonds. The molecule has 0 saturated carbocycles. The van der Waals surface area contributed by atoms with E-state index in [0.29, 0.717) is 0 Å². The van der Waals surface area contributed by atoms with Crippen LogP contribution in [0.5, 0.6) is 5.75 Å².